The van der Waals surface area contributed by atoms with Crippen molar-refractivity contribution in [3.05, 3.63) is 36.0 Å². The van der Waals surface area contributed by atoms with Crippen LogP contribution in [0.4, 0.5) is 0 Å². The predicted molar refractivity (Wildman–Crippen MR) is 77.4 cm³/mol. The van der Waals surface area contributed by atoms with Gasteiger partial charge in [-0.25, -0.2) is 0 Å². The fraction of sp³-hybridized carbons (Fsp3) is 0.600. The Kier molecular flexibility index (Phi) is 4.67. The molecule has 0 aliphatic carbocycles. The molecule has 1 atom stereocenters. The minimum Gasteiger partial charge on any atom is -0.364 e. The standard InChI is InChI=1S/C15H22N4O2/c1-2-3-15-12-18(10-13-4-8-20-16-13)6-7-19(15)11-14-5-9-21-17-14/h4-5,8-9,15H,2-3,6-7,10-12H2,1H3/t15-/m1/s1. The van der Waals surface area contributed by atoms with Crippen molar-refractivity contribution in [1.82, 2.24) is 20.1 Å². The van der Waals surface area contributed by atoms with Crippen LogP contribution >= 0.6 is 0 Å². The lowest BCUT2D eigenvalue weighted by atomic mass is 10.1. The zero-order chi connectivity index (χ0) is 14.5. The molecule has 0 unspecified atom stereocenters. The van der Waals surface area contributed by atoms with Gasteiger partial charge in [0, 0.05) is 50.9 Å². The summed E-state index contributed by atoms with van der Waals surface area (Å²) in [5.41, 5.74) is 2.02. The second kappa shape index (κ2) is 6.87. The van der Waals surface area contributed by atoms with Crippen LogP contribution in [0.3, 0.4) is 0 Å². The Bertz CT molecular complexity index is 512. The first kappa shape index (κ1) is 14.3. The Hall–Kier alpha value is -1.66. The molecule has 1 saturated heterocycles. The quantitative estimate of drug-likeness (QED) is 0.812. The molecule has 1 aliphatic heterocycles. The summed E-state index contributed by atoms with van der Waals surface area (Å²) in [7, 11) is 0. The Balaban J connectivity index is 1.59. The topological polar surface area (TPSA) is 58.5 Å². The molecular weight excluding hydrogens is 268 g/mol. The van der Waals surface area contributed by atoms with Crippen molar-refractivity contribution >= 4 is 0 Å². The van der Waals surface area contributed by atoms with Gasteiger partial charge in [0.1, 0.15) is 12.5 Å². The average molecular weight is 290 g/mol. The molecule has 6 heteroatoms. The van der Waals surface area contributed by atoms with Crippen molar-refractivity contribution in [2.24, 2.45) is 0 Å². The minimum atomic E-state index is 0.562. The van der Waals surface area contributed by atoms with Crippen LogP contribution in [0.2, 0.25) is 0 Å². The van der Waals surface area contributed by atoms with Gasteiger partial charge in [-0.2, -0.15) is 0 Å². The van der Waals surface area contributed by atoms with E-state index in [2.05, 4.69) is 27.0 Å². The molecule has 3 rings (SSSR count). The van der Waals surface area contributed by atoms with Crippen LogP contribution in [0.1, 0.15) is 31.2 Å². The smallest absolute Gasteiger partial charge is 0.124 e. The normalized spacial score (nSPS) is 20.9. The van der Waals surface area contributed by atoms with E-state index in [4.69, 9.17) is 9.05 Å². The van der Waals surface area contributed by atoms with Crippen LogP contribution in [-0.2, 0) is 13.1 Å². The molecule has 114 valence electrons. The van der Waals surface area contributed by atoms with E-state index < -0.39 is 0 Å². The lowest BCUT2D eigenvalue weighted by molar-refractivity contribution is 0.0564. The summed E-state index contributed by atoms with van der Waals surface area (Å²) in [6, 6.07) is 4.45. The van der Waals surface area contributed by atoms with Crippen LogP contribution in [0, 0.1) is 0 Å². The van der Waals surface area contributed by atoms with E-state index in [0.29, 0.717) is 6.04 Å². The zero-order valence-electron chi connectivity index (χ0n) is 12.4. The lowest BCUT2D eigenvalue weighted by Gasteiger charge is -2.41. The number of piperazine rings is 1. The van der Waals surface area contributed by atoms with Crippen molar-refractivity contribution in [1.29, 1.82) is 0 Å². The average Bonchev–Trinajstić information content (AvgIpc) is 3.15. The fourth-order valence-electron chi connectivity index (χ4n) is 2.99. The van der Waals surface area contributed by atoms with Gasteiger partial charge >= 0.3 is 0 Å². The van der Waals surface area contributed by atoms with Crippen LogP contribution in [0.5, 0.6) is 0 Å². The molecule has 3 heterocycles. The largest absolute Gasteiger partial charge is 0.364 e. The SMILES string of the molecule is CCC[C@@H]1CN(Cc2ccon2)CCN1Cc1ccon1. The molecule has 0 radical (unpaired) electrons. The molecule has 0 bridgehead atoms. The van der Waals surface area contributed by atoms with Gasteiger partial charge in [-0.15, -0.1) is 0 Å². The highest BCUT2D eigenvalue weighted by molar-refractivity contribution is 4.99. The van der Waals surface area contributed by atoms with E-state index in [0.717, 1.165) is 44.1 Å². The number of nitrogens with zero attached hydrogens (tertiary/aromatic N) is 4. The van der Waals surface area contributed by atoms with Gasteiger partial charge in [0.25, 0.3) is 0 Å². The van der Waals surface area contributed by atoms with Gasteiger partial charge in [0.2, 0.25) is 0 Å². The summed E-state index contributed by atoms with van der Waals surface area (Å²) in [5.74, 6) is 0. The van der Waals surface area contributed by atoms with Gasteiger partial charge in [-0.05, 0) is 6.42 Å². The molecule has 0 saturated carbocycles. The number of aromatic nitrogens is 2. The maximum absolute atomic E-state index is 4.94. The van der Waals surface area contributed by atoms with Crippen molar-refractivity contribution in [2.75, 3.05) is 19.6 Å². The third-order valence-electron chi connectivity index (χ3n) is 4.04. The van der Waals surface area contributed by atoms with E-state index in [9.17, 15) is 0 Å². The van der Waals surface area contributed by atoms with Crippen LogP contribution in [0.25, 0.3) is 0 Å². The first-order chi connectivity index (χ1) is 10.3. The third kappa shape index (κ3) is 3.71. The number of rotatable bonds is 6. The summed E-state index contributed by atoms with van der Waals surface area (Å²) in [6.45, 7) is 7.15. The molecule has 1 aliphatic rings. The Labute approximate surface area is 124 Å². The number of hydrogen-bond donors (Lipinski definition) is 0. The van der Waals surface area contributed by atoms with Gasteiger partial charge in [-0.1, -0.05) is 23.7 Å². The molecule has 1 fully saturated rings. The predicted octanol–water partition coefficient (Wildman–Crippen LogP) is 2.15. The van der Waals surface area contributed by atoms with Crippen molar-refractivity contribution in [3.63, 3.8) is 0 Å². The number of hydrogen-bond acceptors (Lipinski definition) is 6. The summed E-state index contributed by atoms with van der Waals surface area (Å²) in [4.78, 5) is 4.97. The molecule has 6 nitrogen and oxygen atoms in total. The molecular formula is C15H22N4O2. The fourth-order valence-corrected chi connectivity index (χ4v) is 2.99. The van der Waals surface area contributed by atoms with E-state index in [1.165, 1.54) is 12.8 Å². The molecule has 0 aromatic carbocycles. The van der Waals surface area contributed by atoms with Crippen molar-refractivity contribution in [3.8, 4) is 0 Å². The van der Waals surface area contributed by atoms with E-state index in [-0.39, 0.29) is 0 Å². The highest BCUT2D eigenvalue weighted by atomic mass is 16.5. The summed E-state index contributed by atoms with van der Waals surface area (Å²) in [5, 5.41) is 8.04. The van der Waals surface area contributed by atoms with E-state index in [1.54, 1.807) is 12.5 Å². The second-order valence-corrected chi connectivity index (χ2v) is 5.63. The molecule has 21 heavy (non-hydrogen) atoms. The van der Waals surface area contributed by atoms with E-state index >= 15 is 0 Å². The summed E-state index contributed by atoms with van der Waals surface area (Å²) < 4.78 is 9.85. The highest BCUT2D eigenvalue weighted by Gasteiger charge is 2.27. The second-order valence-electron chi connectivity index (χ2n) is 5.63. The van der Waals surface area contributed by atoms with Gasteiger partial charge in [-0.3, -0.25) is 9.80 Å². The molecule has 2 aromatic heterocycles. The Morgan fingerprint density at radius 2 is 1.81 bits per heavy atom. The zero-order valence-corrected chi connectivity index (χ0v) is 12.4. The lowest BCUT2D eigenvalue weighted by Crippen LogP contribution is -2.52. The highest BCUT2D eigenvalue weighted by Crippen LogP contribution is 2.18. The van der Waals surface area contributed by atoms with Crippen LogP contribution in [0.15, 0.2) is 33.7 Å². The third-order valence-corrected chi connectivity index (χ3v) is 4.04. The first-order valence-electron chi connectivity index (χ1n) is 7.60. The monoisotopic (exact) mass is 290 g/mol. The van der Waals surface area contributed by atoms with Gasteiger partial charge in [0.05, 0.1) is 11.4 Å². The van der Waals surface area contributed by atoms with Gasteiger partial charge in [0.15, 0.2) is 0 Å². The first-order valence-corrected chi connectivity index (χ1v) is 7.60. The minimum absolute atomic E-state index is 0.562. The molecule has 0 N–H and O–H groups in total. The Morgan fingerprint density at radius 3 is 2.43 bits per heavy atom. The maximum atomic E-state index is 4.94. The Morgan fingerprint density at radius 1 is 1.10 bits per heavy atom. The molecule has 0 spiro atoms. The maximum Gasteiger partial charge on any atom is 0.124 e. The van der Waals surface area contributed by atoms with Crippen molar-refractivity contribution in [2.45, 2.75) is 38.9 Å². The van der Waals surface area contributed by atoms with Crippen molar-refractivity contribution < 1.29 is 9.05 Å². The summed E-state index contributed by atoms with van der Waals surface area (Å²) in [6.07, 6.45) is 5.68. The molecule has 2 aromatic rings. The van der Waals surface area contributed by atoms with E-state index in [1.807, 2.05) is 12.1 Å². The summed E-state index contributed by atoms with van der Waals surface area (Å²) >= 11 is 0. The van der Waals surface area contributed by atoms with Crippen LogP contribution < -0.4 is 0 Å². The van der Waals surface area contributed by atoms with Crippen LogP contribution in [-0.4, -0.2) is 45.8 Å². The van der Waals surface area contributed by atoms with Gasteiger partial charge < -0.3 is 9.05 Å². The molecule has 0 amide bonds.